The molecule has 29 heavy (non-hydrogen) atoms. The number of aromatic nitrogens is 5. The summed E-state index contributed by atoms with van der Waals surface area (Å²) in [5, 5.41) is 14.9. The maximum atomic E-state index is 14.1. The molecule has 0 unspecified atom stereocenters. The van der Waals surface area contributed by atoms with E-state index in [1.807, 2.05) is 6.92 Å². The van der Waals surface area contributed by atoms with Gasteiger partial charge in [-0.25, -0.2) is 13.9 Å². The molecule has 0 atom stereocenters. The molecule has 0 saturated heterocycles. The van der Waals surface area contributed by atoms with Gasteiger partial charge in [-0.2, -0.15) is 5.10 Å². The molecule has 3 heterocycles. The summed E-state index contributed by atoms with van der Waals surface area (Å²) in [5.41, 5.74) is 1.92. The lowest BCUT2D eigenvalue weighted by Gasteiger charge is -2.07. The van der Waals surface area contributed by atoms with Crippen molar-refractivity contribution in [1.82, 2.24) is 24.8 Å². The van der Waals surface area contributed by atoms with Gasteiger partial charge in [0.2, 0.25) is 5.88 Å². The average molecular weight is 392 g/mol. The van der Waals surface area contributed by atoms with E-state index < -0.39 is 11.7 Å². The van der Waals surface area contributed by atoms with E-state index >= 15 is 0 Å². The number of amides is 1. The monoisotopic (exact) mass is 392 g/mol. The highest BCUT2D eigenvalue weighted by Gasteiger charge is 2.19. The Bertz CT molecular complexity index is 1190. The molecule has 4 rings (SSSR count). The largest absolute Gasteiger partial charge is 0.477 e. The van der Waals surface area contributed by atoms with Gasteiger partial charge in [0.15, 0.2) is 17.2 Å². The Morgan fingerprint density at radius 3 is 2.69 bits per heavy atom. The Labute approximate surface area is 165 Å². The third kappa shape index (κ3) is 3.62. The van der Waals surface area contributed by atoms with Gasteiger partial charge in [-0.15, -0.1) is 10.2 Å². The summed E-state index contributed by atoms with van der Waals surface area (Å²) in [4.78, 5) is 17.2. The quantitative estimate of drug-likeness (QED) is 0.560. The van der Waals surface area contributed by atoms with Crippen molar-refractivity contribution in [2.24, 2.45) is 0 Å². The summed E-state index contributed by atoms with van der Waals surface area (Å²) in [6, 6.07) is 12.9. The Hall–Kier alpha value is -3.88. The summed E-state index contributed by atoms with van der Waals surface area (Å²) in [6.07, 6.45) is 0. The topological polar surface area (TPSA) is 94.3 Å². The second kappa shape index (κ2) is 7.63. The molecule has 0 aliphatic rings. The van der Waals surface area contributed by atoms with Crippen LogP contribution in [-0.4, -0.2) is 37.3 Å². The molecule has 0 radical (unpaired) electrons. The van der Waals surface area contributed by atoms with Crippen LogP contribution in [0.2, 0.25) is 0 Å². The van der Waals surface area contributed by atoms with Crippen molar-refractivity contribution >= 4 is 17.4 Å². The van der Waals surface area contributed by atoms with Crippen LogP contribution in [0.5, 0.6) is 5.88 Å². The zero-order valence-corrected chi connectivity index (χ0v) is 15.8. The van der Waals surface area contributed by atoms with Crippen LogP contribution in [0.15, 0.2) is 48.5 Å². The number of anilines is 1. The van der Waals surface area contributed by atoms with Gasteiger partial charge in [-0.05, 0) is 44.2 Å². The molecule has 0 aliphatic carbocycles. The minimum absolute atomic E-state index is 0.230. The molecule has 0 bridgehead atoms. The van der Waals surface area contributed by atoms with Crippen LogP contribution in [-0.2, 0) is 0 Å². The number of fused-ring (bicyclic) bond motifs is 1. The fraction of sp³-hybridized carbons (Fsp3) is 0.150. The van der Waals surface area contributed by atoms with Gasteiger partial charge in [0, 0.05) is 11.6 Å². The number of imidazole rings is 1. The van der Waals surface area contributed by atoms with Crippen LogP contribution in [0.25, 0.3) is 16.9 Å². The van der Waals surface area contributed by atoms with E-state index in [-0.39, 0.29) is 11.5 Å². The smallest absolute Gasteiger partial charge is 0.277 e. The van der Waals surface area contributed by atoms with E-state index in [1.54, 1.807) is 49.4 Å². The SMILES string of the molecule is CCOc1ccc(NC(=O)c2c(C)nc3ccc(-c4ccccc4F)nn23)nn1. The molecule has 0 fully saturated rings. The molecule has 4 aromatic rings. The fourth-order valence-corrected chi connectivity index (χ4v) is 2.90. The van der Waals surface area contributed by atoms with Gasteiger partial charge in [-0.1, -0.05) is 12.1 Å². The number of nitrogens with zero attached hydrogens (tertiary/aromatic N) is 5. The summed E-state index contributed by atoms with van der Waals surface area (Å²) in [6.45, 7) is 4.01. The first-order chi connectivity index (χ1) is 14.1. The lowest BCUT2D eigenvalue weighted by molar-refractivity contribution is 0.101. The van der Waals surface area contributed by atoms with Crippen LogP contribution in [0.1, 0.15) is 23.1 Å². The molecular weight excluding hydrogens is 375 g/mol. The maximum Gasteiger partial charge on any atom is 0.277 e. The van der Waals surface area contributed by atoms with E-state index in [9.17, 15) is 9.18 Å². The van der Waals surface area contributed by atoms with Gasteiger partial charge in [0.1, 0.15) is 5.82 Å². The highest BCUT2D eigenvalue weighted by atomic mass is 19.1. The first-order valence-electron chi connectivity index (χ1n) is 8.96. The standard InChI is InChI=1S/C20H17FN6O2/c1-3-29-18-11-9-16(24-25-18)23-20(28)19-12(2)22-17-10-8-15(26-27(17)19)13-6-4-5-7-14(13)21/h4-11H,3H2,1-2H3,(H,23,24,28). The summed E-state index contributed by atoms with van der Waals surface area (Å²) in [7, 11) is 0. The van der Waals surface area contributed by atoms with Crippen LogP contribution in [0, 0.1) is 12.7 Å². The third-order valence-electron chi connectivity index (χ3n) is 4.19. The number of benzene rings is 1. The Balaban J connectivity index is 1.69. The molecule has 3 aromatic heterocycles. The first-order valence-corrected chi connectivity index (χ1v) is 8.96. The van der Waals surface area contributed by atoms with E-state index in [2.05, 4.69) is 25.6 Å². The first kappa shape index (κ1) is 18.5. The van der Waals surface area contributed by atoms with Crippen molar-refractivity contribution in [3.63, 3.8) is 0 Å². The predicted molar refractivity (Wildman–Crippen MR) is 104 cm³/mol. The van der Waals surface area contributed by atoms with Crippen molar-refractivity contribution in [3.8, 4) is 17.1 Å². The Kier molecular flexibility index (Phi) is 4.86. The normalized spacial score (nSPS) is 10.9. The number of aryl methyl sites for hydroxylation is 1. The summed E-state index contributed by atoms with van der Waals surface area (Å²) < 4.78 is 20.8. The second-order valence-electron chi connectivity index (χ2n) is 6.16. The summed E-state index contributed by atoms with van der Waals surface area (Å²) in [5.74, 6) is -0.218. The fourth-order valence-electron chi connectivity index (χ4n) is 2.90. The Morgan fingerprint density at radius 1 is 1.14 bits per heavy atom. The third-order valence-corrected chi connectivity index (χ3v) is 4.19. The van der Waals surface area contributed by atoms with Crippen molar-refractivity contribution in [2.75, 3.05) is 11.9 Å². The highest BCUT2D eigenvalue weighted by Crippen LogP contribution is 2.22. The highest BCUT2D eigenvalue weighted by molar-refractivity contribution is 6.03. The van der Waals surface area contributed by atoms with Crippen molar-refractivity contribution in [1.29, 1.82) is 0 Å². The summed E-state index contributed by atoms with van der Waals surface area (Å²) >= 11 is 0. The van der Waals surface area contributed by atoms with Crippen LogP contribution in [0.4, 0.5) is 10.2 Å². The van der Waals surface area contributed by atoms with Gasteiger partial charge >= 0.3 is 0 Å². The van der Waals surface area contributed by atoms with Crippen LogP contribution < -0.4 is 10.1 Å². The maximum absolute atomic E-state index is 14.1. The number of rotatable bonds is 5. The lowest BCUT2D eigenvalue weighted by Crippen LogP contribution is -2.18. The van der Waals surface area contributed by atoms with Gasteiger partial charge in [0.25, 0.3) is 5.91 Å². The lowest BCUT2D eigenvalue weighted by atomic mass is 10.1. The predicted octanol–water partition coefficient (Wildman–Crippen LogP) is 3.28. The van der Waals surface area contributed by atoms with Crippen molar-refractivity contribution < 1.29 is 13.9 Å². The van der Waals surface area contributed by atoms with Crippen LogP contribution >= 0.6 is 0 Å². The molecule has 0 spiro atoms. The van der Waals surface area contributed by atoms with Crippen molar-refractivity contribution in [2.45, 2.75) is 13.8 Å². The minimum Gasteiger partial charge on any atom is -0.477 e. The molecule has 1 N–H and O–H groups in total. The zero-order valence-electron chi connectivity index (χ0n) is 15.8. The van der Waals surface area contributed by atoms with E-state index in [1.165, 1.54) is 10.6 Å². The number of ether oxygens (including phenoxy) is 1. The molecule has 0 saturated carbocycles. The van der Waals surface area contributed by atoms with E-state index in [4.69, 9.17) is 4.74 Å². The van der Waals surface area contributed by atoms with Gasteiger partial charge < -0.3 is 10.1 Å². The minimum atomic E-state index is -0.452. The zero-order chi connectivity index (χ0) is 20.4. The molecule has 146 valence electrons. The molecule has 8 nitrogen and oxygen atoms in total. The molecule has 1 aromatic carbocycles. The number of hydrogen-bond acceptors (Lipinski definition) is 6. The molecular formula is C20H17FN6O2. The van der Waals surface area contributed by atoms with E-state index in [0.717, 1.165) is 0 Å². The van der Waals surface area contributed by atoms with Gasteiger partial charge in [-0.3, -0.25) is 4.79 Å². The van der Waals surface area contributed by atoms with E-state index in [0.29, 0.717) is 35.1 Å². The van der Waals surface area contributed by atoms with Crippen LogP contribution in [0.3, 0.4) is 0 Å². The number of halogens is 1. The number of hydrogen-bond donors (Lipinski definition) is 1. The number of nitrogens with one attached hydrogen (secondary N) is 1. The van der Waals surface area contributed by atoms with Gasteiger partial charge in [0.05, 0.1) is 18.0 Å². The number of carbonyl (C=O) groups excluding carboxylic acids is 1. The Morgan fingerprint density at radius 2 is 1.97 bits per heavy atom. The second-order valence-corrected chi connectivity index (χ2v) is 6.16. The molecule has 9 heteroatoms. The molecule has 0 aliphatic heterocycles. The van der Waals surface area contributed by atoms with Crippen molar-refractivity contribution in [3.05, 3.63) is 65.7 Å². The molecule has 1 amide bonds. The average Bonchev–Trinajstić information content (AvgIpc) is 3.05. The number of carbonyl (C=O) groups is 1.